The highest BCUT2D eigenvalue weighted by Gasteiger charge is 2.18. The zero-order chi connectivity index (χ0) is 12.8. The maximum Gasteiger partial charge on any atom is 0.387 e. The molecule has 0 amide bonds. The van der Waals surface area contributed by atoms with Gasteiger partial charge in [0.25, 0.3) is 0 Å². The van der Waals surface area contributed by atoms with Gasteiger partial charge in [-0.25, -0.2) is 4.79 Å². The lowest BCUT2D eigenvalue weighted by Crippen LogP contribution is -2.10. The number of ether oxygens (including phenoxy) is 1. The number of carboxylic acids is 1. The van der Waals surface area contributed by atoms with Gasteiger partial charge in [0.2, 0.25) is 0 Å². The highest BCUT2D eigenvalue weighted by molar-refractivity contribution is 9.09. The molecular formula is C11H11BrF2O3. The molecule has 0 aliphatic rings. The van der Waals surface area contributed by atoms with Gasteiger partial charge in [-0.05, 0) is 24.5 Å². The highest BCUT2D eigenvalue weighted by Crippen LogP contribution is 2.25. The van der Waals surface area contributed by atoms with Crippen LogP contribution in [0.2, 0.25) is 0 Å². The van der Waals surface area contributed by atoms with E-state index in [1.807, 2.05) is 0 Å². The maximum absolute atomic E-state index is 12.1. The molecule has 6 heteroatoms. The minimum Gasteiger partial charge on any atom is -0.478 e. The quantitative estimate of drug-likeness (QED) is 0.820. The molecule has 17 heavy (non-hydrogen) atoms. The minimum absolute atomic E-state index is 0.186. The van der Waals surface area contributed by atoms with Crippen molar-refractivity contribution in [2.75, 3.05) is 5.33 Å². The van der Waals surface area contributed by atoms with Gasteiger partial charge in [-0.1, -0.05) is 28.1 Å². The van der Waals surface area contributed by atoms with Crippen LogP contribution in [0.4, 0.5) is 8.78 Å². The van der Waals surface area contributed by atoms with E-state index in [1.54, 1.807) is 6.07 Å². The van der Waals surface area contributed by atoms with Crippen LogP contribution in [0.15, 0.2) is 18.2 Å². The van der Waals surface area contributed by atoms with Crippen LogP contribution in [-0.2, 0) is 6.42 Å². The van der Waals surface area contributed by atoms with Gasteiger partial charge >= 0.3 is 12.6 Å². The predicted molar refractivity (Wildman–Crippen MR) is 62.1 cm³/mol. The minimum atomic E-state index is -3.03. The Labute approximate surface area is 106 Å². The van der Waals surface area contributed by atoms with Gasteiger partial charge in [0.1, 0.15) is 11.3 Å². The summed E-state index contributed by atoms with van der Waals surface area (Å²) in [6.45, 7) is -3.03. The van der Waals surface area contributed by atoms with E-state index in [1.165, 1.54) is 12.1 Å². The van der Waals surface area contributed by atoms with Crippen molar-refractivity contribution >= 4 is 21.9 Å². The Morgan fingerprint density at radius 3 is 2.71 bits per heavy atom. The van der Waals surface area contributed by atoms with E-state index in [0.29, 0.717) is 17.3 Å². The van der Waals surface area contributed by atoms with Crippen molar-refractivity contribution in [2.45, 2.75) is 19.5 Å². The largest absolute Gasteiger partial charge is 0.478 e. The molecule has 0 fully saturated rings. The summed E-state index contributed by atoms with van der Waals surface area (Å²) in [6.07, 6.45) is 1.21. The first-order valence-corrected chi connectivity index (χ1v) is 6.04. The summed E-state index contributed by atoms with van der Waals surface area (Å²) in [4.78, 5) is 11.1. The summed E-state index contributed by atoms with van der Waals surface area (Å²) in [6, 6.07) is 4.34. The van der Waals surface area contributed by atoms with E-state index in [2.05, 4.69) is 20.7 Å². The first-order chi connectivity index (χ1) is 8.06. The topological polar surface area (TPSA) is 46.5 Å². The second-order valence-electron chi connectivity index (χ2n) is 3.27. The van der Waals surface area contributed by atoms with Gasteiger partial charge in [0.05, 0.1) is 0 Å². The molecule has 0 aliphatic carbocycles. The van der Waals surface area contributed by atoms with E-state index < -0.39 is 12.6 Å². The third kappa shape index (κ3) is 3.96. The molecular weight excluding hydrogens is 298 g/mol. The van der Waals surface area contributed by atoms with Crippen molar-refractivity contribution in [2.24, 2.45) is 0 Å². The molecule has 0 unspecified atom stereocenters. The number of carbonyl (C=O) groups is 1. The molecule has 94 valence electrons. The number of hydrogen-bond donors (Lipinski definition) is 1. The van der Waals surface area contributed by atoms with E-state index in [-0.39, 0.29) is 11.3 Å². The van der Waals surface area contributed by atoms with Crippen molar-refractivity contribution in [3.63, 3.8) is 0 Å². The molecule has 0 aromatic heterocycles. The molecule has 0 aliphatic heterocycles. The fourth-order valence-corrected chi connectivity index (χ4v) is 1.76. The van der Waals surface area contributed by atoms with E-state index in [9.17, 15) is 13.6 Å². The molecule has 1 N–H and O–H groups in total. The number of halogens is 3. The Morgan fingerprint density at radius 1 is 1.47 bits per heavy atom. The smallest absolute Gasteiger partial charge is 0.387 e. The van der Waals surface area contributed by atoms with Crippen molar-refractivity contribution in [3.8, 4) is 5.75 Å². The molecule has 0 spiro atoms. The lowest BCUT2D eigenvalue weighted by Gasteiger charge is -2.11. The Hall–Kier alpha value is -1.17. The second kappa shape index (κ2) is 6.54. The first kappa shape index (κ1) is 13.9. The van der Waals surface area contributed by atoms with Crippen molar-refractivity contribution in [1.82, 2.24) is 0 Å². The van der Waals surface area contributed by atoms with Gasteiger partial charge in [0, 0.05) is 5.33 Å². The fourth-order valence-electron chi connectivity index (χ4n) is 1.48. The van der Waals surface area contributed by atoms with Crippen LogP contribution < -0.4 is 4.74 Å². The molecule has 0 saturated heterocycles. The standard InChI is InChI=1S/C11H11BrF2O3/c12-6-2-4-7-3-1-5-8(17-11(13)14)9(7)10(15)16/h1,3,5,11H,2,4,6H2,(H,15,16). The summed E-state index contributed by atoms with van der Waals surface area (Å²) in [5.74, 6) is -1.55. The van der Waals surface area contributed by atoms with Gasteiger partial charge in [-0.3, -0.25) is 0 Å². The summed E-state index contributed by atoms with van der Waals surface area (Å²) in [5.41, 5.74) is 0.309. The van der Waals surface area contributed by atoms with Gasteiger partial charge in [-0.2, -0.15) is 8.78 Å². The van der Waals surface area contributed by atoms with Crippen molar-refractivity contribution in [3.05, 3.63) is 29.3 Å². The molecule has 0 bridgehead atoms. The van der Waals surface area contributed by atoms with Crippen molar-refractivity contribution < 1.29 is 23.4 Å². The zero-order valence-electron chi connectivity index (χ0n) is 8.83. The van der Waals surface area contributed by atoms with Crippen LogP contribution in [-0.4, -0.2) is 23.0 Å². The number of alkyl halides is 3. The number of benzene rings is 1. The lowest BCUT2D eigenvalue weighted by atomic mass is 10.0. The molecule has 3 nitrogen and oxygen atoms in total. The Kier molecular flexibility index (Phi) is 5.34. The fraction of sp³-hybridized carbons (Fsp3) is 0.364. The van der Waals surface area contributed by atoms with E-state index >= 15 is 0 Å². The number of hydrogen-bond acceptors (Lipinski definition) is 2. The van der Waals surface area contributed by atoms with Gasteiger partial charge in [-0.15, -0.1) is 0 Å². The van der Waals surface area contributed by atoms with Gasteiger partial charge in [0.15, 0.2) is 0 Å². The van der Waals surface area contributed by atoms with Crippen LogP contribution in [0.25, 0.3) is 0 Å². The van der Waals surface area contributed by atoms with Gasteiger partial charge < -0.3 is 9.84 Å². The van der Waals surface area contributed by atoms with Crippen LogP contribution in [0.1, 0.15) is 22.3 Å². The van der Waals surface area contributed by atoms with E-state index in [4.69, 9.17) is 5.11 Å². The molecule has 0 saturated carbocycles. The maximum atomic E-state index is 12.1. The number of aryl methyl sites for hydroxylation is 1. The number of aromatic carboxylic acids is 1. The first-order valence-electron chi connectivity index (χ1n) is 4.92. The van der Waals surface area contributed by atoms with Crippen LogP contribution in [0.3, 0.4) is 0 Å². The lowest BCUT2D eigenvalue weighted by molar-refractivity contribution is -0.0503. The predicted octanol–water partition coefficient (Wildman–Crippen LogP) is 3.31. The molecule has 1 aromatic rings. The third-order valence-corrected chi connectivity index (χ3v) is 2.68. The summed E-state index contributed by atoms with van der Waals surface area (Å²) in [7, 11) is 0. The zero-order valence-corrected chi connectivity index (χ0v) is 10.4. The average molecular weight is 309 g/mol. The summed E-state index contributed by atoms with van der Waals surface area (Å²) >= 11 is 3.23. The normalized spacial score (nSPS) is 10.6. The summed E-state index contributed by atoms with van der Waals surface area (Å²) < 4.78 is 28.5. The van der Waals surface area contributed by atoms with Crippen molar-refractivity contribution in [1.29, 1.82) is 0 Å². The molecule has 1 rings (SSSR count). The van der Waals surface area contributed by atoms with Crippen LogP contribution >= 0.6 is 15.9 Å². The third-order valence-electron chi connectivity index (χ3n) is 2.12. The summed E-state index contributed by atoms with van der Waals surface area (Å²) in [5, 5.41) is 9.74. The average Bonchev–Trinajstić information content (AvgIpc) is 2.25. The number of carboxylic acid groups (broad SMARTS) is 1. The Morgan fingerprint density at radius 2 is 2.18 bits per heavy atom. The number of rotatable bonds is 6. The molecule has 0 radical (unpaired) electrons. The Bertz CT molecular complexity index is 396. The molecule has 0 heterocycles. The van der Waals surface area contributed by atoms with E-state index in [0.717, 1.165) is 6.42 Å². The highest BCUT2D eigenvalue weighted by atomic mass is 79.9. The molecule has 1 aromatic carbocycles. The molecule has 0 atom stereocenters. The monoisotopic (exact) mass is 308 g/mol. The van der Waals surface area contributed by atoms with Crippen LogP contribution in [0.5, 0.6) is 5.75 Å². The SMILES string of the molecule is O=C(O)c1c(CCCBr)cccc1OC(F)F. The Balaban J connectivity index is 3.08. The van der Waals surface area contributed by atoms with Crippen LogP contribution in [0, 0.1) is 0 Å². The second-order valence-corrected chi connectivity index (χ2v) is 4.06.